The van der Waals surface area contributed by atoms with E-state index in [0.29, 0.717) is 32.1 Å². The predicted octanol–water partition coefficient (Wildman–Crippen LogP) is -0.377. The van der Waals surface area contributed by atoms with Crippen LogP contribution in [0.15, 0.2) is 0 Å². The zero-order valence-corrected chi connectivity index (χ0v) is 10.4. The number of hydrogen-bond acceptors (Lipinski definition) is 4. The number of rotatable bonds is 6. The molecule has 0 aliphatic carbocycles. The van der Waals surface area contributed by atoms with Crippen LogP contribution >= 0.6 is 12.6 Å². The molecule has 1 heterocycles. The Balaban J connectivity index is 2.32. The van der Waals surface area contributed by atoms with Gasteiger partial charge >= 0.3 is 0 Å². The summed E-state index contributed by atoms with van der Waals surface area (Å²) in [6.07, 6.45) is 0. The Morgan fingerprint density at radius 2 is 1.81 bits per heavy atom. The molecule has 1 fully saturated rings. The molecule has 92 valence electrons. The standard InChI is InChI=1S/C10H18N2O3S/c1-2-11-7-10(14)12(8-9(11)13)3-4-15-5-6-16/h16H,2-8H2,1H3. The van der Waals surface area contributed by atoms with Crippen LogP contribution in [0.25, 0.3) is 0 Å². The maximum atomic E-state index is 11.6. The third-order valence-corrected chi connectivity index (χ3v) is 2.66. The van der Waals surface area contributed by atoms with Crippen molar-refractivity contribution in [2.24, 2.45) is 0 Å². The predicted molar refractivity (Wildman–Crippen MR) is 63.5 cm³/mol. The molecule has 2 amide bonds. The molecule has 1 aliphatic heterocycles. The van der Waals surface area contributed by atoms with E-state index in [1.807, 2.05) is 6.92 Å². The van der Waals surface area contributed by atoms with Gasteiger partial charge in [-0.2, -0.15) is 12.6 Å². The van der Waals surface area contributed by atoms with E-state index in [4.69, 9.17) is 4.74 Å². The molecule has 1 saturated heterocycles. The largest absolute Gasteiger partial charge is 0.379 e. The summed E-state index contributed by atoms with van der Waals surface area (Å²) in [6, 6.07) is 0. The van der Waals surface area contributed by atoms with Gasteiger partial charge in [0.1, 0.15) is 0 Å². The molecule has 0 spiro atoms. The van der Waals surface area contributed by atoms with Crippen molar-refractivity contribution in [1.82, 2.24) is 9.80 Å². The second-order valence-electron chi connectivity index (χ2n) is 3.56. The monoisotopic (exact) mass is 246 g/mol. The van der Waals surface area contributed by atoms with Crippen molar-refractivity contribution in [3.63, 3.8) is 0 Å². The second-order valence-corrected chi connectivity index (χ2v) is 4.01. The highest BCUT2D eigenvalue weighted by Gasteiger charge is 2.28. The van der Waals surface area contributed by atoms with Gasteiger partial charge in [-0.15, -0.1) is 0 Å². The first kappa shape index (κ1) is 13.3. The van der Waals surface area contributed by atoms with E-state index >= 15 is 0 Å². The summed E-state index contributed by atoms with van der Waals surface area (Å²) in [5.41, 5.74) is 0. The molecule has 0 aromatic rings. The van der Waals surface area contributed by atoms with Crippen LogP contribution in [0, 0.1) is 0 Å². The van der Waals surface area contributed by atoms with Crippen molar-refractivity contribution in [2.45, 2.75) is 6.92 Å². The summed E-state index contributed by atoms with van der Waals surface area (Å²) in [7, 11) is 0. The minimum atomic E-state index is -0.00377. The molecule has 1 rings (SSSR count). The molecule has 1 aliphatic rings. The molecule has 0 atom stereocenters. The van der Waals surface area contributed by atoms with E-state index in [-0.39, 0.29) is 24.9 Å². The van der Waals surface area contributed by atoms with Gasteiger partial charge in [-0.3, -0.25) is 9.59 Å². The Labute approximate surface area is 101 Å². The fraction of sp³-hybridized carbons (Fsp3) is 0.800. The lowest BCUT2D eigenvalue weighted by Gasteiger charge is -2.33. The number of likely N-dealkylation sites (N-methyl/N-ethyl adjacent to an activating group) is 1. The highest BCUT2D eigenvalue weighted by Crippen LogP contribution is 2.04. The molecule has 0 unspecified atom stereocenters. The Bertz CT molecular complexity index is 260. The van der Waals surface area contributed by atoms with Gasteiger partial charge in [0.15, 0.2) is 0 Å². The van der Waals surface area contributed by atoms with Gasteiger partial charge in [0.25, 0.3) is 0 Å². The number of nitrogens with zero attached hydrogens (tertiary/aromatic N) is 2. The van der Waals surface area contributed by atoms with Crippen LogP contribution in [0.2, 0.25) is 0 Å². The number of amides is 2. The summed E-state index contributed by atoms with van der Waals surface area (Å²) >= 11 is 4.01. The fourth-order valence-electron chi connectivity index (χ4n) is 1.54. The summed E-state index contributed by atoms with van der Waals surface area (Å²) < 4.78 is 5.23. The number of thiol groups is 1. The molecular weight excluding hydrogens is 228 g/mol. The average molecular weight is 246 g/mol. The Kier molecular flexibility index (Phi) is 5.62. The van der Waals surface area contributed by atoms with Gasteiger partial charge in [0, 0.05) is 18.8 Å². The SMILES string of the molecule is CCN1CC(=O)N(CCOCCS)CC1=O. The molecule has 0 bridgehead atoms. The van der Waals surface area contributed by atoms with E-state index in [2.05, 4.69) is 12.6 Å². The van der Waals surface area contributed by atoms with Crippen LogP contribution in [0.5, 0.6) is 0 Å². The quantitative estimate of drug-likeness (QED) is 0.513. The van der Waals surface area contributed by atoms with E-state index in [9.17, 15) is 9.59 Å². The third-order valence-electron chi connectivity index (χ3n) is 2.48. The molecule has 0 aromatic carbocycles. The van der Waals surface area contributed by atoms with Gasteiger partial charge < -0.3 is 14.5 Å². The number of ether oxygens (including phenoxy) is 1. The maximum absolute atomic E-state index is 11.6. The molecule has 5 nitrogen and oxygen atoms in total. The topological polar surface area (TPSA) is 49.9 Å². The molecule has 16 heavy (non-hydrogen) atoms. The number of carbonyl (C=O) groups excluding carboxylic acids is 2. The lowest BCUT2D eigenvalue weighted by Crippen LogP contribution is -2.54. The van der Waals surface area contributed by atoms with Crippen molar-refractivity contribution in [3.8, 4) is 0 Å². The summed E-state index contributed by atoms with van der Waals surface area (Å²) in [5, 5.41) is 0. The number of piperazine rings is 1. The fourth-order valence-corrected chi connectivity index (χ4v) is 1.67. The van der Waals surface area contributed by atoms with Crippen LogP contribution in [-0.4, -0.2) is 66.8 Å². The maximum Gasteiger partial charge on any atom is 0.242 e. The van der Waals surface area contributed by atoms with E-state index in [1.54, 1.807) is 9.80 Å². The first-order valence-electron chi connectivity index (χ1n) is 5.43. The Morgan fingerprint density at radius 3 is 2.44 bits per heavy atom. The van der Waals surface area contributed by atoms with Crippen molar-refractivity contribution in [1.29, 1.82) is 0 Å². The Hall–Kier alpha value is -0.750. The molecule has 0 saturated carbocycles. The van der Waals surface area contributed by atoms with Crippen molar-refractivity contribution >= 4 is 24.4 Å². The zero-order valence-electron chi connectivity index (χ0n) is 9.52. The van der Waals surface area contributed by atoms with Crippen molar-refractivity contribution in [2.75, 3.05) is 45.1 Å². The summed E-state index contributed by atoms with van der Waals surface area (Å²) in [5.74, 6) is 0.670. The highest BCUT2D eigenvalue weighted by atomic mass is 32.1. The first-order chi connectivity index (χ1) is 7.69. The minimum absolute atomic E-state index is 0.00377. The minimum Gasteiger partial charge on any atom is -0.379 e. The third kappa shape index (κ3) is 3.68. The van der Waals surface area contributed by atoms with Crippen LogP contribution in [-0.2, 0) is 14.3 Å². The lowest BCUT2D eigenvalue weighted by molar-refractivity contribution is -0.150. The van der Waals surface area contributed by atoms with E-state index in [0.717, 1.165) is 0 Å². The molecule has 0 N–H and O–H groups in total. The van der Waals surface area contributed by atoms with Gasteiger partial charge in [-0.1, -0.05) is 0 Å². The summed E-state index contributed by atoms with van der Waals surface area (Å²) in [4.78, 5) is 26.3. The van der Waals surface area contributed by atoms with Crippen molar-refractivity contribution < 1.29 is 14.3 Å². The van der Waals surface area contributed by atoms with Crippen LogP contribution in [0.1, 0.15) is 6.92 Å². The van der Waals surface area contributed by atoms with Crippen LogP contribution in [0.4, 0.5) is 0 Å². The van der Waals surface area contributed by atoms with Gasteiger partial charge in [-0.25, -0.2) is 0 Å². The smallest absolute Gasteiger partial charge is 0.242 e. The average Bonchev–Trinajstić information content (AvgIpc) is 2.28. The van der Waals surface area contributed by atoms with Gasteiger partial charge in [-0.05, 0) is 6.92 Å². The zero-order chi connectivity index (χ0) is 12.0. The molecule has 0 radical (unpaired) electrons. The highest BCUT2D eigenvalue weighted by molar-refractivity contribution is 7.80. The van der Waals surface area contributed by atoms with Gasteiger partial charge in [0.2, 0.25) is 11.8 Å². The normalized spacial score (nSPS) is 17.1. The Morgan fingerprint density at radius 1 is 1.19 bits per heavy atom. The van der Waals surface area contributed by atoms with Crippen LogP contribution < -0.4 is 0 Å². The van der Waals surface area contributed by atoms with Crippen LogP contribution in [0.3, 0.4) is 0 Å². The first-order valence-corrected chi connectivity index (χ1v) is 6.06. The summed E-state index contributed by atoms with van der Waals surface area (Å²) in [6.45, 7) is 4.35. The second kappa shape index (κ2) is 6.75. The van der Waals surface area contributed by atoms with Crippen molar-refractivity contribution in [3.05, 3.63) is 0 Å². The molecular formula is C10H18N2O3S. The molecule has 6 heteroatoms. The van der Waals surface area contributed by atoms with E-state index in [1.165, 1.54) is 0 Å². The van der Waals surface area contributed by atoms with Gasteiger partial charge in [0.05, 0.1) is 26.3 Å². The lowest BCUT2D eigenvalue weighted by atomic mass is 10.3. The number of carbonyl (C=O) groups is 2. The number of hydrogen-bond donors (Lipinski definition) is 1. The molecule has 0 aromatic heterocycles. The van der Waals surface area contributed by atoms with E-state index < -0.39 is 0 Å².